The summed E-state index contributed by atoms with van der Waals surface area (Å²) >= 11 is 0. The number of nitrogens with two attached hydrogens (primary N) is 1. The first kappa shape index (κ1) is 10.8. The van der Waals surface area contributed by atoms with Crippen molar-refractivity contribution < 1.29 is 0 Å². The van der Waals surface area contributed by atoms with Crippen molar-refractivity contribution in [3.8, 4) is 11.1 Å². The van der Waals surface area contributed by atoms with E-state index in [9.17, 15) is 0 Å². The van der Waals surface area contributed by atoms with Gasteiger partial charge in [0.1, 0.15) is 0 Å². The number of hydrogen-bond acceptors (Lipinski definition) is 2. The molecule has 0 aliphatic carbocycles. The average Bonchev–Trinajstić information content (AvgIpc) is 2.29. The minimum Gasteiger partial charge on any atom is -0.324 e. The van der Waals surface area contributed by atoms with E-state index in [0.717, 1.165) is 16.7 Å². The molecule has 0 radical (unpaired) electrons. The zero-order chi connectivity index (χ0) is 11.5. The van der Waals surface area contributed by atoms with Crippen LogP contribution in [0.3, 0.4) is 0 Å². The van der Waals surface area contributed by atoms with Crippen LogP contribution in [0.5, 0.6) is 0 Å². The number of hydrogen-bond donors (Lipinski definition) is 1. The molecule has 2 N–H and O–H groups in total. The van der Waals surface area contributed by atoms with Crippen LogP contribution in [0.1, 0.15) is 24.1 Å². The molecule has 0 aliphatic heterocycles. The highest BCUT2D eigenvalue weighted by molar-refractivity contribution is 5.67. The monoisotopic (exact) mass is 212 g/mol. The van der Waals surface area contributed by atoms with Crippen LogP contribution in [-0.2, 0) is 0 Å². The molecule has 0 fully saturated rings. The molecular weight excluding hydrogens is 196 g/mol. The SMILES string of the molecule is Cc1cncc(-c2ccccc2C(C)N)c1. The van der Waals surface area contributed by atoms with Crippen molar-refractivity contribution in [3.05, 3.63) is 53.9 Å². The highest BCUT2D eigenvalue weighted by atomic mass is 14.6. The Bertz CT molecular complexity index is 490. The van der Waals surface area contributed by atoms with E-state index >= 15 is 0 Å². The summed E-state index contributed by atoms with van der Waals surface area (Å²) in [6.45, 7) is 4.05. The maximum absolute atomic E-state index is 5.97. The summed E-state index contributed by atoms with van der Waals surface area (Å²) in [7, 11) is 0. The van der Waals surface area contributed by atoms with Gasteiger partial charge in [-0.1, -0.05) is 24.3 Å². The number of aromatic nitrogens is 1. The van der Waals surface area contributed by atoms with Gasteiger partial charge < -0.3 is 5.73 Å². The van der Waals surface area contributed by atoms with Crippen molar-refractivity contribution in [2.24, 2.45) is 5.73 Å². The van der Waals surface area contributed by atoms with Crippen LogP contribution in [0.25, 0.3) is 11.1 Å². The van der Waals surface area contributed by atoms with E-state index in [4.69, 9.17) is 5.73 Å². The van der Waals surface area contributed by atoms with E-state index in [1.54, 1.807) is 0 Å². The van der Waals surface area contributed by atoms with Gasteiger partial charge in [-0.2, -0.15) is 0 Å². The second kappa shape index (κ2) is 4.45. The zero-order valence-corrected chi connectivity index (χ0v) is 9.64. The van der Waals surface area contributed by atoms with Crippen LogP contribution in [0.2, 0.25) is 0 Å². The molecule has 1 atom stereocenters. The molecule has 0 amide bonds. The number of benzene rings is 1. The van der Waals surface area contributed by atoms with Crippen LogP contribution in [-0.4, -0.2) is 4.98 Å². The lowest BCUT2D eigenvalue weighted by atomic mass is 9.96. The lowest BCUT2D eigenvalue weighted by molar-refractivity contribution is 0.820. The normalized spacial score (nSPS) is 12.4. The molecule has 0 saturated heterocycles. The number of pyridine rings is 1. The highest BCUT2D eigenvalue weighted by Gasteiger charge is 2.07. The van der Waals surface area contributed by atoms with Crippen LogP contribution in [0, 0.1) is 6.92 Å². The molecule has 2 heteroatoms. The summed E-state index contributed by atoms with van der Waals surface area (Å²) < 4.78 is 0. The molecule has 2 rings (SSSR count). The van der Waals surface area contributed by atoms with Gasteiger partial charge in [-0.3, -0.25) is 4.98 Å². The van der Waals surface area contributed by atoms with Gasteiger partial charge in [0.15, 0.2) is 0 Å². The molecule has 1 aromatic carbocycles. The largest absolute Gasteiger partial charge is 0.324 e. The fourth-order valence-corrected chi connectivity index (χ4v) is 1.86. The molecule has 2 nitrogen and oxygen atoms in total. The molecule has 0 aliphatic rings. The van der Waals surface area contributed by atoms with Crippen LogP contribution in [0.4, 0.5) is 0 Å². The van der Waals surface area contributed by atoms with Gasteiger partial charge in [0.2, 0.25) is 0 Å². The third-order valence-electron chi connectivity index (χ3n) is 2.64. The Morgan fingerprint density at radius 3 is 2.62 bits per heavy atom. The maximum Gasteiger partial charge on any atom is 0.0346 e. The first-order valence-electron chi connectivity index (χ1n) is 5.45. The predicted octanol–water partition coefficient (Wildman–Crippen LogP) is 3.08. The summed E-state index contributed by atoms with van der Waals surface area (Å²) in [4.78, 5) is 4.22. The van der Waals surface area contributed by atoms with E-state index in [-0.39, 0.29) is 6.04 Å². The fourth-order valence-electron chi connectivity index (χ4n) is 1.86. The number of rotatable bonds is 2. The molecule has 1 aromatic heterocycles. The Labute approximate surface area is 96.1 Å². The smallest absolute Gasteiger partial charge is 0.0346 e. The first-order chi connectivity index (χ1) is 7.68. The summed E-state index contributed by atoms with van der Waals surface area (Å²) in [6.07, 6.45) is 3.74. The lowest BCUT2D eigenvalue weighted by Crippen LogP contribution is -2.06. The zero-order valence-electron chi connectivity index (χ0n) is 9.64. The predicted molar refractivity (Wildman–Crippen MR) is 67.0 cm³/mol. The van der Waals surface area contributed by atoms with Gasteiger partial charge >= 0.3 is 0 Å². The van der Waals surface area contributed by atoms with E-state index < -0.39 is 0 Å². The molecule has 82 valence electrons. The van der Waals surface area contributed by atoms with Gasteiger partial charge in [-0.15, -0.1) is 0 Å². The van der Waals surface area contributed by atoms with E-state index in [0.29, 0.717) is 0 Å². The summed E-state index contributed by atoms with van der Waals surface area (Å²) in [5, 5.41) is 0. The molecule has 0 spiro atoms. The van der Waals surface area contributed by atoms with E-state index in [2.05, 4.69) is 23.2 Å². The van der Waals surface area contributed by atoms with Crippen molar-refractivity contribution in [2.75, 3.05) is 0 Å². The van der Waals surface area contributed by atoms with Crippen molar-refractivity contribution in [1.29, 1.82) is 0 Å². The van der Waals surface area contributed by atoms with Gasteiger partial charge in [0.05, 0.1) is 0 Å². The third-order valence-corrected chi connectivity index (χ3v) is 2.64. The minimum absolute atomic E-state index is 0.0386. The Morgan fingerprint density at radius 2 is 1.94 bits per heavy atom. The molecule has 0 bridgehead atoms. The average molecular weight is 212 g/mol. The lowest BCUT2D eigenvalue weighted by Gasteiger charge is -2.12. The number of aryl methyl sites for hydroxylation is 1. The molecule has 16 heavy (non-hydrogen) atoms. The fraction of sp³-hybridized carbons (Fsp3) is 0.214. The third kappa shape index (κ3) is 2.12. The maximum atomic E-state index is 5.97. The standard InChI is InChI=1S/C14H16N2/c1-10-7-12(9-16-8-10)14-6-4-3-5-13(14)11(2)15/h3-9,11H,15H2,1-2H3. The highest BCUT2D eigenvalue weighted by Crippen LogP contribution is 2.26. The first-order valence-corrected chi connectivity index (χ1v) is 5.45. The second-order valence-corrected chi connectivity index (χ2v) is 4.13. The van der Waals surface area contributed by atoms with Crippen molar-refractivity contribution in [3.63, 3.8) is 0 Å². The van der Waals surface area contributed by atoms with E-state index in [1.165, 1.54) is 5.56 Å². The Kier molecular flexibility index (Phi) is 3.02. The van der Waals surface area contributed by atoms with Crippen LogP contribution >= 0.6 is 0 Å². The Hall–Kier alpha value is -1.67. The Balaban J connectivity index is 2.55. The van der Waals surface area contributed by atoms with Gasteiger partial charge in [-0.05, 0) is 36.6 Å². The Morgan fingerprint density at radius 1 is 1.19 bits per heavy atom. The molecule has 2 aromatic rings. The quantitative estimate of drug-likeness (QED) is 0.830. The van der Waals surface area contributed by atoms with Crippen LogP contribution < -0.4 is 5.73 Å². The van der Waals surface area contributed by atoms with Gasteiger partial charge in [-0.25, -0.2) is 0 Å². The minimum atomic E-state index is 0.0386. The molecular formula is C14H16N2. The molecule has 1 unspecified atom stereocenters. The summed E-state index contributed by atoms with van der Waals surface area (Å²) in [6, 6.07) is 10.4. The van der Waals surface area contributed by atoms with Crippen molar-refractivity contribution in [2.45, 2.75) is 19.9 Å². The van der Waals surface area contributed by atoms with Gasteiger partial charge in [0.25, 0.3) is 0 Å². The van der Waals surface area contributed by atoms with E-state index in [1.807, 2.05) is 38.4 Å². The molecule has 0 saturated carbocycles. The second-order valence-electron chi connectivity index (χ2n) is 4.13. The summed E-state index contributed by atoms with van der Waals surface area (Å²) in [5.74, 6) is 0. The summed E-state index contributed by atoms with van der Waals surface area (Å²) in [5.41, 5.74) is 10.6. The van der Waals surface area contributed by atoms with Crippen LogP contribution in [0.15, 0.2) is 42.7 Å². The number of nitrogens with zero attached hydrogens (tertiary/aromatic N) is 1. The topological polar surface area (TPSA) is 38.9 Å². The van der Waals surface area contributed by atoms with Gasteiger partial charge in [0, 0.05) is 24.0 Å². The van der Waals surface area contributed by atoms with Crippen molar-refractivity contribution in [1.82, 2.24) is 4.98 Å². The molecule has 1 heterocycles. The van der Waals surface area contributed by atoms with Crippen molar-refractivity contribution >= 4 is 0 Å².